The molecule has 5 nitrogen and oxygen atoms in total. The Morgan fingerprint density at radius 2 is 1.14 bits per heavy atom. The first kappa shape index (κ1) is 22.9. The van der Waals surface area contributed by atoms with Gasteiger partial charge in [-0.3, -0.25) is 9.59 Å². The van der Waals surface area contributed by atoms with Gasteiger partial charge >= 0.3 is 0 Å². The largest absolute Gasteiger partial charge is 0.481 e. The predicted octanol–water partition coefficient (Wildman–Crippen LogP) is 1.64. The van der Waals surface area contributed by atoms with E-state index in [0.29, 0.717) is 0 Å². The van der Waals surface area contributed by atoms with Gasteiger partial charge in [-0.2, -0.15) is 0 Å². The Bertz CT molecular complexity index is 111. The van der Waals surface area contributed by atoms with Crippen LogP contribution >= 0.6 is 0 Å². The van der Waals surface area contributed by atoms with Gasteiger partial charge in [0, 0.05) is 28.1 Å². The second-order valence-electron chi connectivity index (χ2n) is 1.85. The summed E-state index contributed by atoms with van der Waals surface area (Å²) >= 11 is 0. The molecule has 0 bridgehead atoms. The van der Waals surface area contributed by atoms with Gasteiger partial charge in [0.1, 0.15) is 0 Å². The first-order valence-electron chi connectivity index (χ1n) is 3.66. The van der Waals surface area contributed by atoms with Gasteiger partial charge in [-0.25, -0.2) is 0 Å². The molecule has 0 radical (unpaired) electrons. The van der Waals surface area contributed by atoms with E-state index in [1.807, 2.05) is 6.92 Å². The number of allylic oxidation sites excluding steroid dienone is 1. The van der Waals surface area contributed by atoms with Gasteiger partial charge in [0.05, 0.1) is 0 Å². The van der Waals surface area contributed by atoms with Crippen LogP contribution in [0.4, 0.5) is 0 Å². The summed E-state index contributed by atoms with van der Waals surface area (Å²) in [5.41, 5.74) is 0. The Balaban J connectivity index is -0.0000000482. The van der Waals surface area contributed by atoms with Crippen LogP contribution in [-0.4, -0.2) is 36.4 Å². The van der Waals surface area contributed by atoms with Gasteiger partial charge in [0.25, 0.3) is 11.9 Å². The van der Waals surface area contributed by atoms with Crippen molar-refractivity contribution in [2.45, 2.75) is 20.8 Å². The van der Waals surface area contributed by atoms with Crippen molar-refractivity contribution >= 4 is 11.9 Å². The summed E-state index contributed by atoms with van der Waals surface area (Å²) in [4.78, 5) is 18.0. The average Bonchev–Trinajstić information content (AvgIpc) is 1.85. The smallest absolute Gasteiger partial charge is 0.300 e. The molecule has 0 aliphatic heterocycles. The molecule has 0 aromatic rings. The standard InChI is InChI=1S/C3H6.2C2H4O2.C2H6O/c1-3-2;2*1-2(3)4;1-3-2/h3H,1H2,2H3;2*1H3,(H,3,4);1-2H3. The summed E-state index contributed by atoms with van der Waals surface area (Å²) in [6.07, 6.45) is 1.75. The third kappa shape index (κ3) is 535. The molecule has 0 spiro atoms. The molecule has 86 valence electrons. The fraction of sp³-hybridized carbons (Fsp3) is 0.556. The SMILES string of the molecule is C=CC.CC(=O)O.CC(=O)O.COC. The number of methoxy groups -OCH3 is 1. The molecule has 0 aliphatic rings. The van der Waals surface area contributed by atoms with Gasteiger partial charge in [-0.1, -0.05) is 6.08 Å². The van der Waals surface area contributed by atoms with Crippen molar-refractivity contribution in [2.24, 2.45) is 0 Å². The summed E-state index contributed by atoms with van der Waals surface area (Å²) in [5, 5.41) is 14.8. The fourth-order valence-electron chi connectivity index (χ4n) is 0. The van der Waals surface area contributed by atoms with Gasteiger partial charge in [-0.15, -0.1) is 6.58 Å². The molecular weight excluding hydrogens is 188 g/mol. The molecule has 0 saturated carbocycles. The van der Waals surface area contributed by atoms with E-state index in [4.69, 9.17) is 19.8 Å². The molecule has 0 aromatic carbocycles. The highest BCUT2D eigenvalue weighted by Crippen LogP contribution is 1.42. The molecule has 0 unspecified atom stereocenters. The third-order valence-electron chi connectivity index (χ3n) is 0. The monoisotopic (exact) mass is 208 g/mol. The number of aliphatic carboxylic acids is 2. The van der Waals surface area contributed by atoms with Crippen molar-refractivity contribution in [2.75, 3.05) is 14.2 Å². The lowest BCUT2D eigenvalue weighted by molar-refractivity contribution is -0.135. The van der Waals surface area contributed by atoms with E-state index in [0.717, 1.165) is 13.8 Å². The van der Waals surface area contributed by atoms with Crippen LogP contribution < -0.4 is 0 Å². The van der Waals surface area contributed by atoms with Gasteiger partial charge in [0.2, 0.25) is 0 Å². The molecule has 14 heavy (non-hydrogen) atoms. The first-order chi connectivity index (χ1) is 6.29. The van der Waals surface area contributed by atoms with E-state index in [1.165, 1.54) is 0 Å². The molecule has 0 saturated heterocycles. The van der Waals surface area contributed by atoms with E-state index in [9.17, 15) is 0 Å². The predicted molar refractivity (Wildman–Crippen MR) is 55.4 cm³/mol. The summed E-state index contributed by atoms with van der Waals surface area (Å²) in [6, 6.07) is 0. The highest BCUT2D eigenvalue weighted by Gasteiger charge is 1.65. The van der Waals surface area contributed by atoms with E-state index in [-0.39, 0.29) is 0 Å². The Hall–Kier alpha value is -1.36. The molecule has 5 heteroatoms. The summed E-state index contributed by atoms with van der Waals surface area (Å²) in [6.45, 7) is 7.42. The van der Waals surface area contributed by atoms with Crippen LogP contribution in [0.3, 0.4) is 0 Å². The Morgan fingerprint density at radius 1 is 1.14 bits per heavy atom. The van der Waals surface area contributed by atoms with Crippen molar-refractivity contribution in [3.05, 3.63) is 12.7 Å². The number of hydrogen-bond acceptors (Lipinski definition) is 3. The zero-order valence-corrected chi connectivity index (χ0v) is 9.40. The van der Waals surface area contributed by atoms with Crippen LogP contribution in [0.25, 0.3) is 0 Å². The summed E-state index contributed by atoms with van der Waals surface area (Å²) < 4.78 is 4.25. The number of carbonyl (C=O) groups is 2. The van der Waals surface area contributed by atoms with Crippen molar-refractivity contribution in [1.82, 2.24) is 0 Å². The normalized spacial score (nSPS) is 5.79. The number of hydrogen-bond donors (Lipinski definition) is 2. The lowest BCUT2D eigenvalue weighted by Crippen LogP contribution is -1.78. The number of carboxylic acids is 2. The average molecular weight is 208 g/mol. The molecule has 0 rings (SSSR count). The molecule has 0 amide bonds. The van der Waals surface area contributed by atoms with E-state index < -0.39 is 11.9 Å². The van der Waals surface area contributed by atoms with Crippen LogP contribution in [0, 0.1) is 0 Å². The zero-order valence-electron chi connectivity index (χ0n) is 9.40. The van der Waals surface area contributed by atoms with Gasteiger partial charge in [-0.05, 0) is 6.92 Å². The van der Waals surface area contributed by atoms with E-state index >= 15 is 0 Å². The zero-order chi connectivity index (χ0) is 12.6. The molecule has 0 fully saturated rings. The highest BCUT2D eigenvalue weighted by molar-refractivity contribution is 5.63. The molecule has 0 aromatic heterocycles. The minimum absolute atomic E-state index is 0.833. The van der Waals surface area contributed by atoms with Crippen LogP contribution in [-0.2, 0) is 14.3 Å². The van der Waals surface area contributed by atoms with E-state index in [1.54, 1.807) is 20.3 Å². The van der Waals surface area contributed by atoms with Crippen LogP contribution in [0.2, 0.25) is 0 Å². The molecule has 0 heterocycles. The Morgan fingerprint density at radius 3 is 1.14 bits per heavy atom. The second-order valence-corrected chi connectivity index (χ2v) is 1.85. The fourth-order valence-corrected chi connectivity index (χ4v) is 0. The molecule has 0 aliphatic carbocycles. The number of carboxylic acid groups (broad SMARTS) is 2. The van der Waals surface area contributed by atoms with Crippen LogP contribution in [0.15, 0.2) is 12.7 Å². The lowest BCUT2D eigenvalue weighted by atomic mass is 10.8. The maximum atomic E-state index is 9.00. The van der Waals surface area contributed by atoms with Gasteiger partial charge in [0.15, 0.2) is 0 Å². The van der Waals surface area contributed by atoms with Crippen molar-refractivity contribution in [3.63, 3.8) is 0 Å². The van der Waals surface area contributed by atoms with E-state index in [2.05, 4.69) is 11.3 Å². The minimum atomic E-state index is -0.833. The Labute approximate surface area is 85.0 Å². The van der Waals surface area contributed by atoms with Crippen LogP contribution in [0.1, 0.15) is 20.8 Å². The van der Waals surface area contributed by atoms with Crippen molar-refractivity contribution in [1.29, 1.82) is 0 Å². The topological polar surface area (TPSA) is 83.8 Å². The maximum Gasteiger partial charge on any atom is 0.300 e. The number of rotatable bonds is 0. The number of ether oxygens (including phenoxy) is 1. The summed E-state index contributed by atoms with van der Waals surface area (Å²) in [7, 11) is 3.25. The first-order valence-corrected chi connectivity index (χ1v) is 3.66. The highest BCUT2D eigenvalue weighted by atomic mass is 16.4. The van der Waals surface area contributed by atoms with Crippen molar-refractivity contribution < 1.29 is 24.5 Å². The quantitative estimate of drug-likeness (QED) is 0.591. The lowest BCUT2D eigenvalue weighted by Gasteiger charge is -1.61. The molecule has 0 atom stereocenters. The van der Waals surface area contributed by atoms with Crippen LogP contribution in [0.5, 0.6) is 0 Å². The van der Waals surface area contributed by atoms with Crippen molar-refractivity contribution in [3.8, 4) is 0 Å². The second kappa shape index (κ2) is 29.9. The summed E-state index contributed by atoms with van der Waals surface area (Å²) in [5.74, 6) is -1.67. The maximum absolute atomic E-state index is 9.00. The Kier molecular flexibility index (Phi) is 49.0. The third-order valence-corrected chi connectivity index (χ3v) is 0. The molecular formula is C9H20O5. The minimum Gasteiger partial charge on any atom is -0.481 e. The van der Waals surface area contributed by atoms with Gasteiger partial charge < -0.3 is 14.9 Å². The molecule has 2 N–H and O–H groups in total.